The Kier molecular flexibility index (Phi) is 8.51. The predicted molar refractivity (Wildman–Crippen MR) is 165 cm³/mol. The molecule has 0 aliphatic rings. The van der Waals surface area contributed by atoms with E-state index in [0.717, 1.165) is 29.8 Å². The van der Waals surface area contributed by atoms with Crippen molar-refractivity contribution in [2.45, 2.75) is 24.8 Å². The Bertz CT molecular complexity index is 1800. The van der Waals surface area contributed by atoms with E-state index in [0.29, 0.717) is 41.8 Å². The number of rotatable bonds is 12. The van der Waals surface area contributed by atoms with Gasteiger partial charge in [-0.3, -0.25) is 0 Å². The minimum Gasteiger partial charge on any atom is -0.495 e. The summed E-state index contributed by atoms with van der Waals surface area (Å²) in [6, 6.07) is 19.3. The van der Waals surface area contributed by atoms with Crippen molar-refractivity contribution in [3.63, 3.8) is 0 Å². The zero-order valence-corrected chi connectivity index (χ0v) is 25.4. The first-order valence-corrected chi connectivity index (χ1v) is 15.6. The summed E-state index contributed by atoms with van der Waals surface area (Å²) in [5.41, 5.74) is 4.82. The van der Waals surface area contributed by atoms with E-state index in [4.69, 9.17) is 19.6 Å². The van der Waals surface area contributed by atoms with Gasteiger partial charge in [0.1, 0.15) is 16.5 Å². The van der Waals surface area contributed by atoms with Crippen molar-refractivity contribution >= 4 is 21.3 Å². The van der Waals surface area contributed by atoms with Crippen LogP contribution in [0.5, 0.6) is 11.6 Å². The second-order valence-electron chi connectivity index (χ2n) is 10.4. The second kappa shape index (κ2) is 12.3. The van der Waals surface area contributed by atoms with Gasteiger partial charge in [-0.05, 0) is 75.0 Å². The first kappa shape index (κ1) is 29.2. The summed E-state index contributed by atoms with van der Waals surface area (Å²) in [4.78, 5) is 7.04. The Morgan fingerprint density at radius 1 is 1.02 bits per heavy atom. The molecule has 0 unspecified atom stereocenters. The molecule has 0 aliphatic heterocycles. The molecule has 0 bridgehead atoms. The Labute approximate surface area is 246 Å². The molecule has 0 radical (unpaired) electrons. The van der Waals surface area contributed by atoms with Gasteiger partial charge in [-0.1, -0.05) is 18.2 Å². The summed E-state index contributed by atoms with van der Waals surface area (Å²) in [6.45, 7) is 3.82. The maximum atomic E-state index is 12.6. The molecule has 11 heteroatoms. The molecule has 1 N–H and O–H groups in total. The van der Waals surface area contributed by atoms with Gasteiger partial charge in [-0.15, -0.1) is 0 Å². The molecule has 0 spiro atoms. The van der Waals surface area contributed by atoms with Crippen LogP contribution in [-0.2, 0) is 16.4 Å². The van der Waals surface area contributed by atoms with Crippen LogP contribution in [0.15, 0.2) is 78.0 Å². The monoisotopic (exact) mass is 588 g/mol. The number of methoxy groups -OCH3 is 1. The van der Waals surface area contributed by atoms with Crippen molar-refractivity contribution in [1.29, 1.82) is 0 Å². The quantitative estimate of drug-likeness (QED) is 0.206. The maximum Gasteiger partial charge on any atom is 0.219 e. The molecule has 0 saturated heterocycles. The Morgan fingerprint density at radius 2 is 1.81 bits per heavy atom. The lowest BCUT2D eigenvalue weighted by molar-refractivity contribution is 0.273. The van der Waals surface area contributed by atoms with Gasteiger partial charge in [0.15, 0.2) is 15.5 Å². The normalized spacial score (nSPS) is 11.8. The third-order valence-electron chi connectivity index (χ3n) is 6.88. The van der Waals surface area contributed by atoms with Gasteiger partial charge < -0.3 is 24.3 Å². The van der Waals surface area contributed by atoms with Gasteiger partial charge in [0.05, 0.1) is 19.4 Å². The Balaban J connectivity index is 1.54. The lowest BCUT2D eigenvalue weighted by Crippen LogP contribution is -2.16. The van der Waals surface area contributed by atoms with E-state index < -0.39 is 9.84 Å². The average Bonchev–Trinajstić information content (AvgIpc) is 3.61. The number of sulfone groups is 1. The highest BCUT2D eigenvalue weighted by Gasteiger charge is 2.21. The first-order chi connectivity index (χ1) is 20.1. The first-order valence-electron chi connectivity index (χ1n) is 13.7. The number of ether oxygens (including phenoxy) is 2. The lowest BCUT2D eigenvalue weighted by Gasteiger charge is -2.14. The highest BCUT2D eigenvalue weighted by molar-refractivity contribution is 7.90. The van der Waals surface area contributed by atoms with Crippen LogP contribution in [0, 0.1) is 6.92 Å². The number of hydrogen-bond donors (Lipinski definition) is 1. The fourth-order valence-electron chi connectivity index (χ4n) is 4.84. The molecular weight excluding hydrogens is 552 g/mol. The molecule has 0 atom stereocenters. The zero-order chi connectivity index (χ0) is 29.9. The summed E-state index contributed by atoms with van der Waals surface area (Å²) in [5.74, 6) is 1.46. The minimum atomic E-state index is -3.54. The molecule has 10 nitrogen and oxygen atoms in total. The van der Waals surface area contributed by atoms with E-state index in [-0.39, 0.29) is 10.6 Å². The van der Waals surface area contributed by atoms with Crippen LogP contribution in [0.1, 0.15) is 17.7 Å². The van der Waals surface area contributed by atoms with E-state index in [9.17, 15) is 8.42 Å². The van der Waals surface area contributed by atoms with Gasteiger partial charge in [0.2, 0.25) is 5.88 Å². The van der Waals surface area contributed by atoms with Crippen LogP contribution >= 0.6 is 0 Å². The van der Waals surface area contributed by atoms with E-state index in [1.165, 1.54) is 13.4 Å². The van der Waals surface area contributed by atoms with Crippen LogP contribution in [0.2, 0.25) is 0 Å². The highest BCUT2D eigenvalue weighted by Crippen LogP contribution is 2.35. The fraction of sp³-hybridized carbons (Fsp3) is 0.290. The van der Waals surface area contributed by atoms with Gasteiger partial charge in [-0.2, -0.15) is 14.6 Å². The summed E-state index contributed by atoms with van der Waals surface area (Å²) in [7, 11) is 1.97. The minimum absolute atomic E-state index is 0.110. The highest BCUT2D eigenvalue weighted by atomic mass is 32.2. The fourth-order valence-corrected chi connectivity index (χ4v) is 5.70. The molecule has 0 fully saturated rings. The predicted octanol–water partition coefficient (Wildman–Crippen LogP) is 4.85. The Hall–Kier alpha value is -4.35. The summed E-state index contributed by atoms with van der Waals surface area (Å²) in [5, 5.41) is 8.32. The molecule has 2 aromatic carbocycles. The van der Waals surface area contributed by atoms with Crippen molar-refractivity contribution in [3.8, 4) is 28.4 Å². The largest absolute Gasteiger partial charge is 0.495 e. The van der Waals surface area contributed by atoms with Crippen LogP contribution in [0.3, 0.4) is 0 Å². The second-order valence-corrected chi connectivity index (χ2v) is 12.4. The standard InChI is InChI=1S/C31H36N6O4S/c1-22-30(24-12-13-26(40-4)27(19-24)42(5,38)39)31-33-29(41-17-9-14-35(2)3)20-28(37(31)34-22)32-21-23-10-8-11-25(18-23)36-15-6-7-16-36/h6-8,10-13,15-16,18-20,32H,9,14,17,21H2,1-5H3. The van der Waals surface area contributed by atoms with E-state index >= 15 is 0 Å². The molecule has 3 heterocycles. The zero-order valence-electron chi connectivity index (χ0n) is 24.5. The Morgan fingerprint density at radius 3 is 2.52 bits per heavy atom. The van der Waals surface area contributed by atoms with Crippen LogP contribution in [-0.4, -0.2) is 73.1 Å². The third-order valence-corrected chi connectivity index (χ3v) is 8.00. The molecular formula is C31H36N6O4S. The van der Waals surface area contributed by atoms with Gasteiger partial charge in [0.25, 0.3) is 0 Å². The van der Waals surface area contributed by atoms with Gasteiger partial charge >= 0.3 is 0 Å². The smallest absolute Gasteiger partial charge is 0.219 e. The van der Waals surface area contributed by atoms with Crippen LogP contribution < -0.4 is 14.8 Å². The number of aromatic nitrogens is 4. The van der Waals surface area contributed by atoms with Crippen LogP contribution in [0.4, 0.5) is 5.82 Å². The van der Waals surface area contributed by atoms with E-state index in [1.54, 1.807) is 16.6 Å². The number of anilines is 1. The molecule has 42 heavy (non-hydrogen) atoms. The molecule has 5 rings (SSSR count). The number of nitrogens with zero attached hydrogens (tertiary/aromatic N) is 5. The molecule has 0 amide bonds. The van der Waals surface area contributed by atoms with E-state index in [1.807, 2.05) is 63.7 Å². The third kappa shape index (κ3) is 6.42. The maximum absolute atomic E-state index is 12.6. The SMILES string of the molecule is COc1ccc(-c2c(C)nn3c(NCc4cccc(-n5cccc5)c4)cc(OCCCN(C)C)nc23)cc1S(C)(=O)=O. The number of nitrogens with one attached hydrogen (secondary N) is 1. The van der Waals surface area contributed by atoms with Crippen LogP contribution in [0.25, 0.3) is 22.5 Å². The number of hydrogen-bond acceptors (Lipinski definition) is 8. The van der Waals surface area contributed by atoms with Crippen molar-refractivity contribution in [1.82, 2.24) is 24.1 Å². The number of aryl methyl sites for hydroxylation is 1. The van der Waals surface area contributed by atoms with Gasteiger partial charge in [0, 0.05) is 49.1 Å². The molecule has 220 valence electrons. The van der Waals surface area contributed by atoms with Crippen molar-refractivity contribution in [2.75, 3.05) is 45.9 Å². The number of benzene rings is 2. The topological polar surface area (TPSA) is 103 Å². The average molecular weight is 589 g/mol. The van der Waals surface area contributed by atoms with E-state index in [2.05, 4.69) is 33.0 Å². The molecule has 0 aliphatic carbocycles. The number of fused-ring (bicyclic) bond motifs is 1. The molecule has 0 saturated carbocycles. The lowest BCUT2D eigenvalue weighted by atomic mass is 10.1. The van der Waals surface area contributed by atoms with Crippen molar-refractivity contribution in [2.24, 2.45) is 0 Å². The summed E-state index contributed by atoms with van der Waals surface area (Å²) < 4.78 is 40.3. The summed E-state index contributed by atoms with van der Waals surface area (Å²) in [6.07, 6.45) is 6.04. The van der Waals surface area contributed by atoms with Crippen molar-refractivity contribution in [3.05, 3.63) is 84.3 Å². The van der Waals surface area contributed by atoms with Gasteiger partial charge in [-0.25, -0.2) is 8.42 Å². The van der Waals surface area contributed by atoms with Crippen molar-refractivity contribution < 1.29 is 17.9 Å². The molecule has 3 aromatic heterocycles. The molecule has 5 aromatic rings. The summed E-state index contributed by atoms with van der Waals surface area (Å²) >= 11 is 0.